The van der Waals surface area contributed by atoms with Crippen LogP contribution in [0.4, 0.5) is 0 Å². The molecule has 17 nitrogen and oxygen atoms in total. The molecule has 0 spiro atoms. The Morgan fingerprint density at radius 3 is 0.900 bits per heavy atom. The zero-order valence-electron chi connectivity index (χ0n) is 57.4. The first-order valence-electron chi connectivity index (χ1n) is 35.6. The maximum absolute atomic E-state index is 13.0. The normalized spacial score (nSPS) is 14.5. The molecule has 0 fully saturated rings. The fraction of sp³-hybridized carbons (Fsp3) is 0.831. The molecule has 5 atom stereocenters. The fourth-order valence-electron chi connectivity index (χ4n) is 9.69. The van der Waals surface area contributed by atoms with Crippen molar-refractivity contribution in [3.8, 4) is 0 Å². The van der Waals surface area contributed by atoms with Gasteiger partial charge in [-0.1, -0.05) is 257 Å². The quantitative estimate of drug-likeness (QED) is 0.0169. The van der Waals surface area contributed by atoms with E-state index in [1.165, 1.54) is 89.9 Å². The van der Waals surface area contributed by atoms with Gasteiger partial charge in [-0.2, -0.15) is 0 Å². The maximum atomic E-state index is 13.0. The summed E-state index contributed by atoms with van der Waals surface area (Å²) < 4.78 is 68.2. The van der Waals surface area contributed by atoms with Gasteiger partial charge in [0.15, 0.2) is 12.2 Å². The first-order valence-corrected chi connectivity index (χ1v) is 38.6. The first-order chi connectivity index (χ1) is 43.4. The highest BCUT2D eigenvalue weighted by Crippen LogP contribution is 2.45. The molecule has 0 aromatic heterocycles. The van der Waals surface area contributed by atoms with Crippen molar-refractivity contribution >= 4 is 39.5 Å². The van der Waals surface area contributed by atoms with E-state index in [0.717, 1.165) is 128 Å². The lowest BCUT2D eigenvalue weighted by Crippen LogP contribution is -2.30. The zero-order chi connectivity index (χ0) is 66.5. The van der Waals surface area contributed by atoms with Crippen molar-refractivity contribution in [2.45, 2.75) is 330 Å². The summed E-state index contributed by atoms with van der Waals surface area (Å²) in [6.45, 7) is 9.28. The third-order valence-electron chi connectivity index (χ3n) is 15.2. The van der Waals surface area contributed by atoms with Crippen molar-refractivity contribution in [1.29, 1.82) is 0 Å². The van der Waals surface area contributed by atoms with Crippen LogP contribution in [0.2, 0.25) is 0 Å². The third-order valence-corrected chi connectivity index (χ3v) is 17.1. The number of ether oxygens (including phenoxy) is 4. The van der Waals surface area contributed by atoms with Crippen LogP contribution >= 0.6 is 15.6 Å². The predicted octanol–water partition coefficient (Wildman–Crippen LogP) is 19.5. The average molecular weight is 1320 g/mol. The number of hydrogen-bond acceptors (Lipinski definition) is 15. The van der Waals surface area contributed by atoms with Gasteiger partial charge in [0.1, 0.15) is 19.3 Å². The van der Waals surface area contributed by atoms with Gasteiger partial charge in [0.2, 0.25) is 0 Å². The van der Waals surface area contributed by atoms with Crippen LogP contribution in [0.25, 0.3) is 0 Å². The van der Waals surface area contributed by atoms with E-state index in [0.29, 0.717) is 37.5 Å². The SMILES string of the molecule is CCCCCC/C=C\C=C/CCCCCCCC(=O)OC[C@H](COP(=O)(O)OC[C@@H](O)COP(=O)(O)OC[C@@H](COC(=O)CCCCCCCCC(C)C)OC(=O)CCCCCCC/C=C\C=C/CCCCCC)OC(=O)CCCCCCCCCCC(C)C. The average Bonchev–Trinajstić information content (AvgIpc) is 3.72. The molecular formula is C71H130O17P2. The van der Waals surface area contributed by atoms with Gasteiger partial charge >= 0.3 is 39.5 Å². The molecule has 0 saturated carbocycles. The van der Waals surface area contributed by atoms with Gasteiger partial charge in [-0.05, 0) is 88.9 Å². The molecule has 19 heteroatoms. The van der Waals surface area contributed by atoms with E-state index >= 15 is 0 Å². The number of rotatable bonds is 66. The molecule has 2 unspecified atom stereocenters. The number of carbonyl (C=O) groups is 4. The van der Waals surface area contributed by atoms with Crippen molar-refractivity contribution in [3.63, 3.8) is 0 Å². The van der Waals surface area contributed by atoms with E-state index in [9.17, 15) is 43.2 Å². The molecule has 0 aromatic carbocycles. The summed E-state index contributed by atoms with van der Waals surface area (Å²) in [4.78, 5) is 72.5. The molecule has 90 heavy (non-hydrogen) atoms. The number of phosphoric acid groups is 2. The largest absolute Gasteiger partial charge is 0.472 e. The van der Waals surface area contributed by atoms with E-state index in [2.05, 4.69) is 90.2 Å². The highest BCUT2D eigenvalue weighted by atomic mass is 31.2. The van der Waals surface area contributed by atoms with Crippen LogP contribution < -0.4 is 0 Å². The Balaban J connectivity index is 5.29. The van der Waals surface area contributed by atoms with E-state index in [-0.39, 0.29) is 25.7 Å². The lowest BCUT2D eigenvalue weighted by molar-refractivity contribution is -0.161. The van der Waals surface area contributed by atoms with Gasteiger partial charge < -0.3 is 33.8 Å². The second kappa shape index (κ2) is 62.2. The lowest BCUT2D eigenvalue weighted by atomic mass is 10.0. The van der Waals surface area contributed by atoms with Crippen molar-refractivity contribution in [2.24, 2.45) is 11.8 Å². The van der Waals surface area contributed by atoms with Crippen LogP contribution in [0.3, 0.4) is 0 Å². The molecule has 0 aliphatic carbocycles. The molecule has 0 aromatic rings. The number of aliphatic hydroxyl groups excluding tert-OH is 1. The predicted molar refractivity (Wildman–Crippen MR) is 363 cm³/mol. The molecule has 0 saturated heterocycles. The number of unbranched alkanes of at least 4 members (excludes halogenated alkanes) is 30. The monoisotopic (exact) mass is 1320 g/mol. The van der Waals surface area contributed by atoms with Crippen LogP contribution in [-0.4, -0.2) is 96.7 Å². The molecule has 0 aliphatic rings. The minimum atomic E-state index is -4.96. The maximum Gasteiger partial charge on any atom is 0.472 e. The van der Waals surface area contributed by atoms with Crippen molar-refractivity contribution in [1.82, 2.24) is 0 Å². The summed E-state index contributed by atoms with van der Waals surface area (Å²) in [6, 6.07) is 0. The van der Waals surface area contributed by atoms with Gasteiger partial charge in [-0.3, -0.25) is 37.3 Å². The number of phosphoric ester groups is 2. The summed E-state index contributed by atoms with van der Waals surface area (Å²) in [5.41, 5.74) is 0. The molecule has 0 aliphatic heterocycles. The number of esters is 4. The van der Waals surface area contributed by atoms with Gasteiger partial charge in [0, 0.05) is 25.7 Å². The Morgan fingerprint density at radius 1 is 0.344 bits per heavy atom. The standard InChI is InChI=1S/C71H130O17P2/c1-7-9-11-13-15-17-19-21-23-25-27-29-34-41-47-53-68(73)81-59-66(88-71(76)56-50-44-36-32-31-33-39-45-51-63(3)4)61-85-89(77,78)83-57-65(72)58-84-90(79,80)86-62-67(60-82-69(74)54-48-42-38-37-40-46-52-64(5)6)87-70(75)55-49-43-35-30-28-26-24-22-20-18-16-14-12-10-8-2/h17-24,63-67,72H,7-16,25-62H2,1-6H3,(H,77,78)(H,79,80)/b19-17-,20-18-,23-21-,24-22-/t65-,66-,67-/m1/s1. The Kier molecular flexibility index (Phi) is 60.1. The topological polar surface area (TPSA) is 237 Å². The zero-order valence-corrected chi connectivity index (χ0v) is 59.2. The van der Waals surface area contributed by atoms with Gasteiger partial charge in [-0.15, -0.1) is 0 Å². The molecule has 0 rings (SSSR count). The summed E-state index contributed by atoms with van der Waals surface area (Å²) in [6.07, 6.45) is 53.2. The van der Waals surface area contributed by atoms with Crippen LogP contribution in [-0.2, 0) is 65.4 Å². The summed E-state index contributed by atoms with van der Waals surface area (Å²) in [5, 5.41) is 10.6. The second-order valence-corrected chi connectivity index (χ2v) is 28.1. The number of aliphatic hydroxyl groups is 1. The smallest absolute Gasteiger partial charge is 0.462 e. The Labute approximate surface area is 547 Å². The van der Waals surface area contributed by atoms with E-state index < -0.39 is 97.5 Å². The molecule has 3 N–H and O–H groups in total. The van der Waals surface area contributed by atoms with Crippen molar-refractivity contribution < 1.29 is 80.2 Å². The highest BCUT2D eigenvalue weighted by Gasteiger charge is 2.30. The Morgan fingerprint density at radius 2 is 0.600 bits per heavy atom. The lowest BCUT2D eigenvalue weighted by Gasteiger charge is -2.21. The van der Waals surface area contributed by atoms with Crippen LogP contribution in [0.15, 0.2) is 48.6 Å². The number of carbonyl (C=O) groups excluding carboxylic acids is 4. The molecule has 526 valence electrons. The Hall–Kier alpha value is -2.98. The minimum absolute atomic E-state index is 0.0813. The fourth-order valence-corrected chi connectivity index (χ4v) is 11.3. The van der Waals surface area contributed by atoms with Crippen LogP contribution in [0, 0.1) is 11.8 Å². The van der Waals surface area contributed by atoms with Crippen molar-refractivity contribution in [3.05, 3.63) is 48.6 Å². The van der Waals surface area contributed by atoms with Crippen LogP contribution in [0.5, 0.6) is 0 Å². The molecule has 0 amide bonds. The molecule has 0 heterocycles. The summed E-state index contributed by atoms with van der Waals surface area (Å²) in [7, 11) is -9.92. The molecule has 0 radical (unpaired) electrons. The number of allylic oxidation sites excluding steroid dienone is 8. The second-order valence-electron chi connectivity index (χ2n) is 25.2. The van der Waals surface area contributed by atoms with E-state index in [4.69, 9.17) is 37.0 Å². The first kappa shape index (κ1) is 87.0. The summed E-state index contributed by atoms with van der Waals surface area (Å²) in [5.74, 6) is -0.801. The van der Waals surface area contributed by atoms with Gasteiger partial charge in [-0.25, -0.2) is 9.13 Å². The third kappa shape index (κ3) is 63.8. The van der Waals surface area contributed by atoms with Crippen LogP contribution in [0.1, 0.15) is 311 Å². The van der Waals surface area contributed by atoms with Gasteiger partial charge in [0.05, 0.1) is 26.4 Å². The summed E-state index contributed by atoms with van der Waals surface area (Å²) >= 11 is 0. The van der Waals surface area contributed by atoms with Gasteiger partial charge in [0.25, 0.3) is 0 Å². The highest BCUT2D eigenvalue weighted by molar-refractivity contribution is 7.47. The molecular weight excluding hydrogens is 1190 g/mol. The van der Waals surface area contributed by atoms with E-state index in [1.807, 2.05) is 0 Å². The Bertz CT molecular complexity index is 1940. The van der Waals surface area contributed by atoms with E-state index in [1.54, 1.807) is 0 Å². The number of hydrogen-bond donors (Lipinski definition) is 3. The van der Waals surface area contributed by atoms with Crippen molar-refractivity contribution in [2.75, 3.05) is 39.6 Å². The molecule has 0 bridgehead atoms. The minimum Gasteiger partial charge on any atom is -0.462 e.